The third kappa shape index (κ3) is 5.81. The highest BCUT2D eigenvalue weighted by atomic mass is 32.1. The molecule has 0 spiro atoms. The van der Waals surface area contributed by atoms with Crippen molar-refractivity contribution in [2.24, 2.45) is 11.8 Å². The Balaban J connectivity index is 1.40. The van der Waals surface area contributed by atoms with Crippen molar-refractivity contribution >= 4 is 17.2 Å². The van der Waals surface area contributed by atoms with Gasteiger partial charge in [0, 0.05) is 29.8 Å². The summed E-state index contributed by atoms with van der Waals surface area (Å²) in [4.78, 5) is 17.2. The summed E-state index contributed by atoms with van der Waals surface area (Å²) in [7, 11) is 1.67. The number of carbonyl (C=O) groups is 1. The minimum Gasteiger partial charge on any atom is -0.497 e. The van der Waals surface area contributed by atoms with E-state index in [0.29, 0.717) is 6.54 Å². The van der Waals surface area contributed by atoms with Gasteiger partial charge in [-0.25, -0.2) is 4.98 Å². The maximum atomic E-state index is 12.5. The molecule has 0 unspecified atom stereocenters. The molecule has 0 atom stereocenters. The summed E-state index contributed by atoms with van der Waals surface area (Å²) in [5, 5.41) is 6.23. The number of amides is 1. The summed E-state index contributed by atoms with van der Waals surface area (Å²) in [5.41, 5.74) is 2.14. The first-order valence-corrected chi connectivity index (χ1v) is 11.4. The van der Waals surface area contributed by atoms with Gasteiger partial charge in [-0.3, -0.25) is 4.79 Å². The fourth-order valence-corrected chi connectivity index (χ4v) is 4.81. The zero-order chi connectivity index (χ0) is 19.8. The second kappa shape index (κ2) is 10.6. The molecule has 1 aliphatic carbocycles. The molecule has 152 valence electrons. The van der Waals surface area contributed by atoms with Crippen LogP contribution >= 0.6 is 11.3 Å². The molecule has 1 heterocycles. The van der Waals surface area contributed by atoms with E-state index in [1.165, 1.54) is 32.1 Å². The number of benzene rings is 1. The lowest BCUT2D eigenvalue weighted by atomic mass is 9.79. The van der Waals surface area contributed by atoms with Crippen LogP contribution in [0.4, 0.5) is 0 Å². The van der Waals surface area contributed by atoms with Gasteiger partial charge in [0.25, 0.3) is 0 Å². The molecular formula is C23H32N2O2S. The molecule has 1 amide bonds. The quantitative estimate of drug-likeness (QED) is 0.607. The van der Waals surface area contributed by atoms with Crippen molar-refractivity contribution in [1.82, 2.24) is 10.3 Å². The number of aromatic nitrogens is 1. The topological polar surface area (TPSA) is 51.2 Å². The van der Waals surface area contributed by atoms with Crippen molar-refractivity contribution < 1.29 is 9.53 Å². The Labute approximate surface area is 172 Å². The second-order valence-electron chi connectivity index (χ2n) is 7.77. The van der Waals surface area contributed by atoms with Crippen LogP contribution in [0.5, 0.6) is 5.75 Å². The van der Waals surface area contributed by atoms with Crippen molar-refractivity contribution in [2.45, 2.75) is 58.3 Å². The van der Waals surface area contributed by atoms with Gasteiger partial charge < -0.3 is 10.1 Å². The van der Waals surface area contributed by atoms with E-state index >= 15 is 0 Å². The maximum Gasteiger partial charge on any atom is 0.223 e. The number of carbonyl (C=O) groups excluding carboxylic acids is 1. The molecule has 0 radical (unpaired) electrons. The Kier molecular flexibility index (Phi) is 7.90. The van der Waals surface area contributed by atoms with Gasteiger partial charge in [-0.1, -0.05) is 26.2 Å². The van der Waals surface area contributed by atoms with Gasteiger partial charge in [0.1, 0.15) is 10.8 Å². The van der Waals surface area contributed by atoms with Crippen LogP contribution in [0.25, 0.3) is 10.6 Å². The monoisotopic (exact) mass is 400 g/mol. The van der Waals surface area contributed by atoms with Gasteiger partial charge >= 0.3 is 0 Å². The lowest BCUT2D eigenvalue weighted by Crippen LogP contribution is -2.34. The van der Waals surface area contributed by atoms with Gasteiger partial charge in [0.05, 0.1) is 12.8 Å². The molecule has 28 heavy (non-hydrogen) atoms. The zero-order valence-corrected chi connectivity index (χ0v) is 17.9. The minimum absolute atomic E-state index is 0.211. The number of nitrogens with one attached hydrogen (secondary N) is 1. The summed E-state index contributed by atoms with van der Waals surface area (Å²) in [6, 6.07) is 7.96. The van der Waals surface area contributed by atoms with Crippen LogP contribution in [-0.4, -0.2) is 24.5 Å². The normalized spacial score (nSPS) is 19.4. The largest absolute Gasteiger partial charge is 0.497 e. The second-order valence-corrected chi connectivity index (χ2v) is 8.63. The molecule has 1 fully saturated rings. The number of rotatable bonds is 9. The first-order chi connectivity index (χ1) is 13.7. The van der Waals surface area contributed by atoms with Crippen molar-refractivity contribution in [3.05, 3.63) is 35.3 Å². The van der Waals surface area contributed by atoms with Gasteiger partial charge in [-0.2, -0.15) is 0 Å². The van der Waals surface area contributed by atoms with E-state index < -0.39 is 0 Å². The average Bonchev–Trinajstić information content (AvgIpc) is 3.21. The van der Waals surface area contributed by atoms with Crippen molar-refractivity contribution in [3.8, 4) is 16.3 Å². The van der Waals surface area contributed by atoms with Crippen LogP contribution in [0.1, 0.15) is 57.6 Å². The van der Waals surface area contributed by atoms with Crippen LogP contribution in [0.15, 0.2) is 29.6 Å². The van der Waals surface area contributed by atoms with Crippen LogP contribution in [0, 0.1) is 11.8 Å². The molecule has 0 bridgehead atoms. The Morgan fingerprint density at radius 1 is 1.21 bits per heavy atom. The molecule has 1 aliphatic rings. The van der Waals surface area contributed by atoms with Crippen LogP contribution in [-0.2, 0) is 11.2 Å². The SMILES string of the molecule is CCCCC1CCC(C(=O)NCCc2csc(-c3ccc(OC)cc3)n2)CC1. The Morgan fingerprint density at radius 3 is 2.64 bits per heavy atom. The van der Waals surface area contributed by atoms with E-state index in [2.05, 4.69) is 17.6 Å². The van der Waals surface area contributed by atoms with Gasteiger partial charge in [-0.05, 0) is 55.9 Å². The number of hydrogen-bond acceptors (Lipinski definition) is 4. The molecule has 5 heteroatoms. The molecule has 4 nitrogen and oxygen atoms in total. The predicted octanol–water partition coefficient (Wildman–Crippen LogP) is 5.47. The Morgan fingerprint density at radius 2 is 1.96 bits per heavy atom. The van der Waals surface area contributed by atoms with Crippen molar-refractivity contribution in [2.75, 3.05) is 13.7 Å². The summed E-state index contributed by atoms with van der Waals surface area (Å²) in [6.45, 7) is 2.92. The first kappa shape index (κ1) is 20.8. The van der Waals surface area contributed by atoms with E-state index in [4.69, 9.17) is 9.72 Å². The fourth-order valence-electron chi connectivity index (χ4n) is 3.95. The number of unbranched alkanes of at least 4 members (excludes halogenated alkanes) is 1. The number of ether oxygens (including phenoxy) is 1. The van der Waals surface area contributed by atoms with E-state index in [1.54, 1.807) is 18.4 Å². The minimum atomic E-state index is 0.211. The highest BCUT2D eigenvalue weighted by Gasteiger charge is 2.25. The number of nitrogens with zero attached hydrogens (tertiary/aromatic N) is 1. The average molecular weight is 401 g/mol. The standard InChI is InChI=1S/C23H32N2O2S/c1-3-4-5-17-6-8-18(9-7-17)22(26)24-15-14-20-16-28-23(25-20)19-10-12-21(27-2)13-11-19/h10-13,16-18H,3-9,14-15H2,1-2H3,(H,24,26). The molecule has 1 saturated carbocycles. The van der Waals surface area contributed by atoms with Crippen molar-refractivity contribution in [1.29, 1.82) is 0 Å². The molecule has 1 aromatic heterocycles. The third-order valence-electron chi connectivity index (χ3n) is 5.75. The molecule has 1 N–H and O–H groups in total. The van der Waals surface area contributed by atoms with Crippen LogP contribution in [0.3, 0.4) is 0 Å². The summed E-state index contributed by atoms with van der Waals surface area (Å²) < 4.78 is 5.20. The summed E-state index contributed by atoms with van der Waals surface area (Å²) in [6.07, 6.45) is 9.27. The third-order valence-corrected chi connectivity index (χ3v) is 6.69. The molecule has 0 saturated heterocycles. The zero-order valence-electron chi connectivity index (χ0n) is 17.1. The number of methoxy groups -OCH3 is 1. The maximum absolute atomic E-state index is 12.5. The van der Waals surface area contributed by atoms with Gasteiger partial charge in [-0.15, -0.1) is 11.3 Å². The Bertz CT molecular complexity index is 733. The highest BCUT2D eigenvalue weighted by molar-refractivity contribution is 7.13. The van der Waals surface area contributed by atoms with Gasteiger partial charge in [0.15, 0.2) is 0 Å². The molecule has 0 aliphatic heterocycles. The number of hydrogen-bond donors (Lipinski definition) is 1. The molecular weight excluding hydrogens is 368 g/mol. The van der Waals surface area contributed by atoms with Crippen LogP contribution < -0.4 is 10.1 Å². The fraction of sp³-hybridized carbons (Fsp3) is 0.565. The summed E-state index contributed by atoms with van der Waals surface area (Å²) in [5.74, 6) is 2.14. The molecule has 2 aromatic rings. The van der Waals surface area contributed by atoms with Crippen LogP contribution in [0.2, 0.25) is 0 Å². The van der Waals surface area contributed by atoms with E-state index in [-0.39, 0.29) is 11.8 Å². The lowest BCUT2D eigenvalue weighted by Gasteiger charge is -2.27. The first-order valence-electron chi connectivity index (χ1n) is 10.6. The predicted molar refractivity (Wildman–Crippen MR) is 116 cm³/mol. The van der Waals surface area contributed by atoms with E-state index in [0.717, 1.165) is 47.2 Å². The number of thiazole rings is 1. The van der Waals surface area contributed by atoms with E-state index in [9.17, 15) is 4.79 Å². The van der Waals surface area contributed by atoms with Crippen molar-refractivity contribution in [3.63, 3.8) is 0 Å². The van der Waals surface area contributed by atoms with Gasteiger partial charge in [0.2, 0.25) is 5.91 Å². The smallest absolute Gasteiger partial charge is 0.223 e. The molecule has 1 aromatic carbocycles. The summed E-state index contributed by atoms with van der Waals surface area (Å²) >= 11 is 1.64. The lowest BCUT2D eigenvalue weighted by molar-refractivity contribution is -0.126. The molecule has 3 rings (SSSR count). The highest BCUT2D eigenvalue weighted by Crippen LogP contribution is 2.32. The Hall–Kier alpha value is -1.88. The van der Waals surface area contributed by atoms with E-state index in [1.807, 2.05) is 24.3 Å².